The number of amides is 2. The molecular weight excluding hydrogens is 364 g/mol. The first kappa shape index (κ1) is 20.6. The van der Waals surface area contributed by atoms with Crippen molar-refractivity contribution in [2.24, 2.45) is 5.10 Å². The molecule has 28 heavy (non-hydrogen) atoms. The molecule has 0 saturated carbocycles. The van der Waals surface area contributed by atoms with Crippen LogP contribution in [-0.2, 0) is 9.59 Å². The minimum atomic E-state index is -0.968. The van der Waals surface area contributed by atoms with E-state index in [2.05, 4.69) is 22.8 Å². The number of carbonyl (C=O) groups is 2. The van der Waals surface area contributed by atoms with Crippen LogP contribution in [0.25, 0.3) is 0 Å². The van der Waals surface area contributed by atoms with Crippen molar-refractivity contribution in [3.8, 4) is 5.75 Å². The average Bonchev–Trinajstić information content (AvgIpc) is 2.69. The quantitative estimate of drug-likeness (QED) is 0.238. The van der Waals surface area contributed by atoms with Gasteiger partial charge in [0.25, 0.3) is 5.69 Å². The largest absolute Gasteiger partial charge is 0.494 e. The standard InChI is InChI=1S/C19H20N4O5/c1-2-3-11-28-17-9-7-15(8-10-17)21-18(24)19(25)22-20-13-14-5-4-6-16(12-14)23(26)27/h4-10,12-13H,2-3,11H2,1H3,(H,21,24)(H,22,25)/b20-13-. The van der Waals surface area contributed by atoms with Gasteiger partial charge in [0.2, 0.25) is 0 Å². The van der Waals surface area contributed by atoms with Crippen molar-refractivity contribution in [1.82, 2.24) is 5.43 Å². The number of rotatable bonds is 8. The van der Waals surface area contributed by atoms with E-state index >= 15 is 0 Å². The van der Waals surface area contributed by atoms with Gasteiger partial charge in [-0.15, -0.1) is 0 Å². The third kappa shape index (κ3) is 6.52. The molecule has 2 rings (SSSR count). The van der Waals surface area contributed by atoms with Crippen LogP contribution in [0.15, 0.2) is 53.6 Å². The lowest BCUT2D eigenvalue weighted by Crippen LogP contribution is -2.32. The number of hydrazone groups is 1. The van der Waals surface area contributed by atoms with E-state index in [9.17, 15) is 19.7 Å². The number of benzene rings is 2. The summed E-state index contributed by atoms with van der Waals surface area (Å²) in [5, 5.41) is 16.8. The predicted octanol–water partition coefficient (Wildman–Crippen LogP) is 2.86. The molecule has 0 aromatic heterocycles. The Bertz CT molecular complexity index is 865. The molecule has 0 heterocycles. The molecule has 9 nitrogen and oxygen atoms in total. The van der Waals surface area contributed by atoms with E-state index in [0.717, 1.165) is 12.8 Å². The summed E-state index contributed by atoms with van der Waals surface area (Å²) in [6, 6.07) is 12.3. The first-order valence-corrected chi connectivity index (χ1v) is 8.61. The van der Waals surface area contributed by atoms with Crippen molar-refractivity contribution in [3.63, 3.8) is 0 Å². The van der Waals surface area contributed by atoms with Crippen molar-refractivity contribution in [3.05, 3.63) is 64.2 Å². The number of nitro groups is 1. The number of anilines is 1. The van der Waals surface area contributed by atoms with Gasteiger partial charge in [0.1, 0.15) is 5.75 Å². The molecule has 0 atom stereocenters. The summed E-state index contributed by atoms with van der Waals surface area (Å²) in [6.07, 6.45) is 3.20. The van der Waals surface area contributed by atoms with Crippen LogP contribution in [0.1, 0.15) is 25.3 Å². The molecule has 0 bridgehead atoms. The maximum atomic E-state index is 11.9. The van der Waals surface area contributed by atoms with Gasteiger partial charge in [-0.1, -0.05) is 25.5 Å². The van der Waals surface area contributed by atoms with Gasteiger partial charge < -0.3 is 10.1 Å². The summed E-state index contributed by atoms with van der Waals surface area (Å²) in [7, 11) is 0. The van der Waals surface area contributed by atoms with Crippen LogP contribution < -0.4 is 15.5 Å². The van der Waals surface area contributed by atoms with Gasteiger partial charge in [-0.25, -0.2) is 5.43 Å². The SMILES string of the molecule is CCCCOc1ccc(NC(=O)C(=O)N/N=C\c2cccc([N+](=O)[O-])c2)cc1. The number of nitrogens with one attached hydrogen (secondary N) is 2. The lowest BCUT2D eigenvalue weighted by atomic mass is 10.2. The summed E-state index contributed by atoms with van der Waals surface area (Å²) >= 11 is 0. The van der Waals surface area contributed by atoms with E-state index in [1.165, 1.54) is 24.4 Å². The van der Waals surface area contributed by atoms with Crippen molar-refractivity contribution < 1.29 is 19.2 Å². The number of nitro benzene ring substituents is 1. The minimum Gasteiger partial charge on any atom is -0.494 e. The fraction of sp³-hybridized carbons (Fsp3) is 0.211. The molecule has 2 N–H and O–H groups in total. The number of non-ortho nitro benzene ring substituents is 1. The Labute approximate surface area is 161 Å². The third-order valence-corrected chi connectivity index (χ3v) is 3.55. The molecular formula is C19H20N4O5. The van der Waals surface area contributed by atoms with Gasteiger partial charge in [-0.2, -0.15) is 5.10 Å². The Hall–Kier alpha value is -3.75. The Morgan fingerprint density at radius 3 is 2.61 bits per heavy atom. The molecule has 9 heteroatoms. The normalized spacial score (nSPS) is 10.5. The number of nitrogens with zero attached hydrogens (tertiary/aromatic N) is 2. The van der Waals surface area contributed by atoms with E-state index in [0.29, 0.717) is 23.6 Å². The lowest BCUT2D eigenvalue weighted by molar-refractivity contribution is -0.384. The molecule has 0 unspecified atom stereocenters. The highest BCUT2D eigenvalue weighted by Crippen LogP contribution is 2.16. The number of hydrogen-bond acceptors (Lipinski definition) is 6. The van der Waals surface area contributed by atoms with Crippen molar-refractivity contribution in [1.29, 1.82) is 0 Å². The van der Waals surface area contributed by atoms with Crippen LogP contribution in [0, 0.1) is 10.1 Å². The lowest BCUT2D eigenvalue weighted by Gasteiger charge is -2.07. The second kappa shape index (κ2) is 10.4. The molecule has 0 spiro atoms. The van der Waals surface area contributed by atoms with Gasteiger partial charge >= 0.3 is 11.8 Å². The maximum Gasteiger partial charge on any atom is 0.329 e. The van der Waals surface area contributed by atoms with Crippen molar-refractivity contribution >= 4 is 29.4 Å². The van der Waals surface area contributed by atoms with Gasteiger partial charge in [0.05, 0.1) is 17.7 Å². The molecule has 146 valence electrons. The number of hydrogen-bond donors (Lipinski definition) is 2. The summed E-state index contributed by atoms with van der Waals surface area (Å²) in [4.78, 5) is 33.8. The molecule has 0 aliphatic rings. The maximum absolute atomic E-state index is 11.9. The monoisotopic (exact) mass is 384 g/mol. The Morgan fingerprint density at radius 2 is 1.93 bits per heavy atom. The molecule has 0 aliphatic heterocycles. The molecule has 0 radical (unpaired) electrons. The Morgan fingerprint density at radius 1 is 1.18 bits per heavy atom. The highest BCUT2D eigenvalue weighted by atomic mass is 16.6. The molecule has 0 saturated heterocycles. The van der Waals surface area contributed by atoms with Crippen LogP contribution in [0.5, 0.6) is 5.75 Å². The van der Waals surface area contributed by atoms with Crippen molar-refractivity contribution in [2.75, 3.05) is 11.9 Å². The van der Waals surface area contributed by atoms with Gasteiger partial charge in [-0.3, -0.25) is 19.7 Å². The molecule has 0 fully saturated rings. The highest BCUT2D eigenvalue weighted by Gasteiger charge is 2.13. The zero-order valence-corrected chi connectivity index (χ0v) is 15.3. The van der Waals surface area contributed by atoms with E-state index in [1.54, 1.807) is 30.3 Å². The second-order valence-corrected chi connectivity index (χ2v) is 5.73. The molecule has 0 aliphatic carbocycles. The summed E-state index contributed by atoms with van der Waals surface area (Å²) < 4.78 is 5.52. The van der Waals surface area contributed by atoms with E-state index in [1.807, 2.05) is 0 Å². The molecule has 2 amide bonds. The Kier molecular flexibility index (Phi) is 7.64. The highest BCUT2D eigenvalue weighted by molar-refractivity contribution is 6.39. The second-order valence-electron chi connectivity index (χ2n) is 5.73. The number of carbonyl (C=O) groups excluding carboxylic acids is 2. The summed E-state index contributed by atoms with van der Waals surface area (Å²) in [5.74, 6) is -1.18. The van der Waals surface area contributed by atoms with Crippen molar-refractivity contribution in [2.45, 2.75) is 19.8 Å². The van der Waals surface area contributed by atoms with Crippen LogP contribution in [0.3, 0.4) is 0 Å². The Balaban J connectivity index is 1.84. The van der Waals surface area contributed by atoms with E-state index in [-0.39, 0.29) is 5.69 Å². The van der Waals surface area contributed by atoms with E-state index in [4.69, 9.17) is 4.74 Å². The predicted molar refractivity (Wildman–Crippen MR) is 104 cm³/mol. The fourth-order valence-electron chi connectivity index (χ4n) is 2.09. The zero-order chi connectivity index (χ0) is 20.4. The van der Waals surface area contributed by atoms with Crippen LogP contribution >= 0.6 is 0 Å². The van der Waals surface area contributed by atoms with E-state index < -0.39 is 16.7 Å². The third-order valence-electron chi connectivity index (χ3n) is 3.55. The molecule has 2 aromatic rings. The molecule has 2 aromatic carbocycles. The smallest absolute Gasteiger partial charge is 0.329 e. The van der Waals surface area contributed by atoms with Crippen LogP contribution in [0.4, 0.5) is 11.4 Å². The summed E-state index contributed by atoms with van der Waals surface area (Å²) in [6.45, 7) is 2.69. The van der Waals surface area contributed by atoms with Crippen LogP contribution in [0.2, 0.25) is 0 Å². The first-order chi connectivity index (χ1) is 13.5. The minimum absolute atomic E-state index is 0.102. The fourth-order valence-corrected chi connectivity index (χ4v) is 2.09. The van der Waals surface area contributed by atoms with Gasteiger partial charge in [0, 0.05) is 23.4 Å². The van der Waals surface area contributed by atoms with Gasteiger partial charge in [0.15, 0.2) is 0 Å². The average molecular weight is 384 g/mol. The topological polar surface area (TPSA) is 123 Å². The zero-order valence-electron chi connectivity index (χ0n) is 15.3. The number of ether oxygens (including phenoxy) is 1. The summed E-state index contributed by atoms with van der Waals surface area (Å²) in [5.41, 5.74) is 2.81. The number of unbranched alkanes of at least 4 members (excludes halogenated alkanes) is 1. The first-order valence-electron chi connectivity index (χ1n) is 8.61. The van der Waals surface area contributed by atoms with Crippen LogP contribution in [-0.4, -0.2) is 29.6 Å². The van der Waals surface area contributed by atoms with Gasteiger partial charge in [-0.05, 0) is 30.7 Å².